The average Bonchev–Trinajstić information content (AvgIpc) is 3.46. The number of anilines is 1. The lowest BCUT2D eigenvalue weighted by Gasteiger charge is -2.20. The highest BCUT2D eigenvalue weighted by molar-refractivity contribution is 7.92. The zero-order valence-electron chi connectivity index (χ0n) is 21.7. The summed E-state index contributed by atoms with van der Waals surface area (Å²) >= 11 is 6.31. The number of hydrogen-bond acceptors (Lipinski definition) is 6. The number of fused-ring (bicyclic) bond motifs is 1. The molecule has 1 aromatic heterocycles. The first-order valence-electron chi connectivity index (χ1n) is 12.2. The third kappa shape index (κ3) is 6.47. The van der Waals surface area contributed by atoms with Gasteiger partial charge in [-0.2, -0.15) is 34.8 Å². The van der Waals surface area contributed by atoms with Gasteiger partial charge >= 0.3 is 22.6 Å². The molecule has 5 rings (SSSR count). The van der Waals surface area contributed by atoms with Crippen molar-refractivity contribution in [2.45, 2.75) is 29.7 Å². The summed E-state index contributed by atoms with van der Waals surface area (Å²) in [5.41, 5.74) is -1.84. The van der Waals surface area contributed by atoms with Gasteiger partial charge in [0.05, 0.1) is 43.8 Å². The van der Waals surface area contributed by atoms with E-state index in [1.807, 2.05) is 0 Å². The lowest BCUT2D eigenvalue weighted by Crippen LogP contribution is -2.31. The Morgan fingerprint density at radius 3 is 2.16 bits per heavy atom. The maximum Gasteiger partial charge on any atom is 0.416 e. The van der Waals surface area contributed by atoms with Crippen LogP contribution in [0.5, 0.6) is 0 Å². The average molecular weight is 682 g/mol. The Kier molecular flexibility index (Phi) is 7.84. The summed E-state index contributed by atoms with van der Waals surface area (Å²) in [6.45, 7) is -0.532. The molecule has 1 fully saturated rings. The van der Waals surface area contributed by atoms with E-state index in [9.17, 15) is 48.0 Å². The van der Waals surface area contributed by atoms with E-state index in [1.165, 1.54) is 18.2 Å². The van der Waals surface area contributed by atoms with Crippen LogP contribution in [-0.4, -0.2) is 39.3 Å². The first kappa shape index (κ1) is 31.6. The largest absolute Gasteiger partial charge is 0.416 e. The van der Waals surface area contributed by atoms with Crippen molar-refractivity contribution in [2.75, 3.05) is 10.8 Å². The number of aromatic nitrogens is 2. The molecule has 0 unspecified atom stereocenters. The fraction of sp³-hybridized carbons (Fsp3) is 0.200. The van der Waals surface area contributed by atoms with Crippen molar-refractivity contribution < 1.29 is 48.0 Å². The molecule has 10 nitrogen and oxygen atoms in total. The van der Waals surface area contributed by atoms with Gasteiger partial charge < -0.3 is 4.98 Å². The smallest absolute Gasteiger partial charge is 0.341 e. The molecule has 2 heterocycles. The molecule has 1 aliphatic heterocycles. The number of benzene rings is 3. The van der Waals surface area contributed by atoms with Gasteiger partial charge in [0.1, 0.15) is 12.4 Å². The predicted molar refractivity (Wildman–Crippen MR) is 145 cm³/mol. The number of amides is 1. The van der Waals surface area contributed by atoms with E-state index < -0.39 is 67.1 Å². The summed E-state index contributed by atoms with van der Waals surface area (Å²) in [5, 5.41) is -0.133. The van der Waals surface area contributed by atoms with Gasteiger partial charge in [-0.05, 0) is 66.6 Å². The van der Waals surface area contributed by atoms with Crippen LogP contribution in [0.2, 0.25) is 5.02 Å². The lowest BCUT2D eigenvalue weighted by molar-refractivity contribution is -0.138. The number of nitrogens with zero attached hydrogens (tertiary/aromatic N) is 2. The number of aromatic amines is 1. The lowest BCUT2D eigenvalue weighted by atomic mass is 10.1. The number of halogens is 7. The molecule has 3 aromatic carbocycles. The molecule has 234 valence electrons. The summed E-state index contributed by atoms with van der Waals surface area (Å²) in [5.74, 6) is -0.923. The van der Waals surface area contributed by atoms with Crippen LogP contribution in [0.15, 0.2) is 65.6 Å². The van der Waals surface area contributed by atoms with Crippen LogP contribution < -0.4 is 13.7 Å². The van der Waals surface area contributed by atoms with Crippen LogP contribution in [0.25, 0.3) is 11.0 Å². The van der Waals surface area contributed by atoms with E-state index in [4.69, 9.17) is 11.6 Å². The quantitative estimate of drug-likeness (QED) is 0.242. The first-order chi connectivity index (χ1) is 20.3. The molecule has 19 heteroatoms. The van der Waals surface area contributed by atoms with E-state index in [1.54, 1.807) is 4.72 Å². The second-order valence-electron chi connectivity index (χ2n) is 9.57. The summed E-state index contributed by atoms with van der Waals surface area (Å²) in [6.07, 6.45) is -9.65. The molecule has 1 saturated heterocycles. The third-order valence-electron chi connectivity index (χ3n) is 6.49. The number of imidazole rings is 1. The van der Waals surface area contributed by atoms with Gasteiger partial charge in [0, 0.05) is 0 Å². The number of H-pyrrole nitrogens is 1. The molecule has 1 atom stereocenters. The molecule has 4 aromatic rings. The summed E-state index contributed by atoms with van der Waals surface area (Å²) < 4.78 is 135. The van der Waals surface area contributed by atoms with Gasteiger partial charge in [-0.1, -0.05) is 17.7 Å². The zero-order valence-corrected chi connectivity index (χ0v) is 24.1. The van der Waals surface area contributed by atoms with Crippen LogP contribution in [-0.2, 0) is 43.8 Å². The van der Waals surface area contributed by atoms with Gasteiger partial charge in [-0.25, -0.2) is 27.2 Å². The predicted octanol–water partition coefficient (Wildman–Crippen LogP) is 4.70. The van der Waals surface area contributed by atoms with Gasteiger partial charge in [0.15, 0.2) is 0 Å². The molecule has 1 amide bonds. The van der Waals surface area contributed by atoms with Crippen molar-refractivity contribution in [3.8, 4) is 0 Å². The third-order valence-corrected chi connectivity index (χ3v) is 9.67. The Bertz CT molecular complexity index is 1980. The second-order valence-corrected chi connectivity index (χ2v) is 13.3. The topological polar surface area (TPSA) is 141 Å². The number of carbonyl (C=O) groups is 1. The molecular formula is C25H18ClF6N5O5S2. The summed E-state index contributed by atoms with van der Waals surface area (Å²) in [7, 11) is -8.73. The zero-order chi connectivity index (χ0) is 32.2. The molecule has 44 heavy (non-hydrogen) atoms. The Morgan fingerprint density at radius 1 is 0.955 bits per heavy atom. The van der Waals surface area contributed by atoms with Gasteiger partial charge in [0.25, 0.3) is 5.91 Å². The van der Waals surface area contributed by atoms with Crippen LogP contribution in [0.3, 0.4) is 0 Å². The van der Waals surface area contributed by atoms with Crippen LogP contribution in [0, 0.1) is 0 Å². The molecule has 0 aliphatic carbocycles. The minimum atomic E-state index is -4.72. The highest BCUT2D eigenvalue weighted by atomic mass is 35.5. The van der Waals surface area contributed by atoms with Crippen molar-refractivity contribution in [1.82, 2.24) is 19.4 Å². The van der Waals surface area contributed by atoms with Crippen molar-refractivity contribution >= 4 is 54.5 Å². The van der Waals surface area contributed by atoms with Crippen LogP contribution >= 0.6 is 11.6 Å². The van der Waals surface area contributed by atoms with Crippen LogP contribution in [0.1, 0.15) is 28.6 Å². The molecule has 0 bridgehead atoms. The number of carbonyl (C=O) groups excluding carboxylic acids is 1. The Morgan fingerprint density at radius 2 is 1.59 bits per heavy atom. The highest BCUT2D eigenvalue weighted by Gasteiger charge is 2.36. The van der Waals surface area contributed by atoms with Gasteiger partial charge in [-0.15, -0.1) is 0 Å². The van der Waals surface area contributed by atoms with E-state index in [2.05, 4.69) is 14.7 Å². The van der Waals surface area contributed by atoms with Crippen molar-refractivity contribution in [3.63, 3.8) is 0 Å². The minimum absolute atomic E-state index is 0.0564. The fourth-order valence-electron chi connectivity index (χ4n) is 4.42. The maximum atomic E-state index is 13.3. The normalized spacial score (nSPS) is 16.3. The molecule has 0 saturated carbocycles. The Hall–Kier alpha value is -3.87. The van der Waals surface area contributed by atoms with E-state index in [0.717, 1.165) is 34.6 Å². The molecular weight excluding hydrogens is 664 g/mol. The number of alkyl halides is 6. The number of rotatable bonds is 7. The first-order valence-corrected chi connectivity index (χ1v) is 15.5. The van der Waals surface area contributed by atoms with Gasteiger partial charge in [-0.3, -0.25) is 4.79 Å². The van der Waals surface area contributed by atoms with E-state index in [-0.39, 0.29) is 34.0 Å². The number of nitrogens with one attached hydrogen (secondary N) is 3. The standard InChI is InChI=1S/C25H18ClF6N5O5S2/c26-17-9-13(1-8-21(17)37-12-22(38)36-44(37,41)42)10-20(23-33-18-7-4-15(25(30,31)32)11-19(18)34-23)35-43(39,40)16-5-2-14(3-6-16)24(27,28)29/h1-9,11,20,35H,10,12H2,(H,33,34)(H,36,38)/t20-/m0/s1. The molecule has 1 aliphatic rings. The molecule has 0 spiro atoms. The van der Waals surface area contributed by atoms with Gasteiger partial charge in [0.2, 0.25) is 10.0 Å². The van der Waals surface area contributed by atoms with Crippen molar-refractivity contribution in [1.29, 1.82) is 0 Å². The Labute approximate surface area is 250 Å². The summed E-state index contributed by atoms with van der Waals surface area (Å²) in [6, 6.07) is 7.91. The SMILES string of the molecule is O=C1CN(c2ccc(C[C@H](NS(=O)(=O)c3ccc(C(F)(F)F)cc3)c3nc4ccc(C(F)(F)F)cc4[nH]3)cc2Cl)S(=O)(=O)N1. The molecule has 3 N–H and O–H groups in total. The van der Waals surface area contributed by atoms with E-state index in [0.29, 0.717) is 17.7 Å². The van der Waals surface area contributed by atoms with E-state index >= 15 is 0 Å². The number of sulfonamides is 1. The van der Waals surface area contributed by atoms with Crippen LogP contribution in [0.4, 0.5) is 32.0 Å². The monoisotopic (exact) mass is 681 g/mol. The maximum absolute atomic E-state index is 13.3. The fourth-order valence-corrected chi connectivity index (χ4v) is 7.14. The van der Waals surface area contributed by atoms with Crippen molar-refractivity contribution in [2.24, 2.45) is 0 Å². The summed E-state index contributed by atoms with van der Waals surface area (Å²) in [4.78, 5) is 18.0. The van der Waals surface area contributed by atoms with Crippen molar-refractivity contribution in [3.05, 3.63) is 88.2 Å². The Balaban J connectivity index is 1.52. The minimum Gasteiger partial charge on any atom is -0.341 e. The highest BCUT2D eigenvalue weighted by Crippen LogP contribution is 2.34. The molecule has 0 radical (unpaired) electrons. The second kappa shape index (κ2) is 10.9. The number of hydrogen-bond donors (Lipinski definition) is 3.